The molecular formula is C10H20O3. The van der Waals surface area contributed by atoms with Gasteiger partial charge in [0, 0.05) is 13.2 Å². The molecule has 0 aromatic heterocycles. The van der Waals surface area contributed by atoms with E-state index in [0.717, 1.165) is 0 Å². The minimum Gasteiger partial charge on any atom is -0.481 e. The molecule has 0 radical (unpaired) electrons. The van der Waals surface area contributed by atoms with Crippen LogP contribution in [0, 0.1) is 5.41 Å². The molecule has 0 fully saturated rings. The summed E-state index contributed by atoms with van der Waals surface area (Å²) in [6.45, 7) is 6.96. The summed E-state index contributed by atoms with van der Waals surface area (Å²) in [5.74, 6) is -0.697. The lowest BCUT2D eigenvalue weighted by molar-refractivity contribution is -0.150. The van der Waals surface area contributed by atoms with Crippen LogP contribution < -0.4 is 0 Å². The van der Waals surface area contributed by atoms with Crippen molar-refractivity contribution in [2.45, 2.75) is 40.0 Å². The van der Waals surface area contributed by atoms with Crippen molar-refractivity contribution in [1.82, 2.24) is 0 Å². The number of ether oxygens (including phenoxy) is 1. The molecule has 0 aliphatic heterocycles. The van der Waals surface area contributed by atoms with Gasteiger partial charge in [0.15, 0.2) is 0 Å². The molecule has 0 aromatic carbocycles. The highest BCUT2D eigenvalue weighted by molar-refractivity contribution is 5.74. The van der Waals surface area contributed by atoms with E-state index in [9.17, 15) is 4.79 Å². The van der Waals surface area contributed by atoms with Gasteiger partial charge in [-0.3, -0.25) is 4.79 Å². The van der Waals surface area contributed by atoms with Gasteiger partial charge in [-0.15, -0.1) is 0 Å². The first-order valence-electron chi connectivity index (χ1n) is 4.94. The Bertz CT molecular complexity index is 150. The summed E-state index contributed by atoms with van der Waals surface area (Å²) >= 11 is 0. The molecule has 0 atom stereocenters. The molecule has 13 heavy (non-hydrogen) atoms. The van der Waals surface area contributed by atoms with Gasteiger partial charge in [-0.05, 0) is 26.2 Å². The molecule has 3 heteroatoms. The van der Waals surface area contributed by atoms with Gasteiger partial charge in [0.2, 0.25) is 0 Å². The molecule has 0 unspecified atom stereocenters. The zero-order chi connectivity index (χ0) is 10.3. The average Bonchev–Trinajstić information content (AvgIpc) is 2.13. The summed E-state index contributed by atoms with van der Waals surface area (Å²) in [7, 11) is 0. The molecule has 0 saturated heterocycles. The van der Waals surface area contributed by atoms with Crippen LogP contribution in [0.1, 0.15) is 40.0 Å². The van der Waals surface area contributed by atoms with Gasteiger partial charge in [-0.25, -0.2) is 0 Å². The molecule has 0 aliphatic carbocycles. The third kappa shape index (κ3) is 3.35. The average molecular weight is 188 g/mol. The fraction of sp³-hybridized carbons (Fsp3) is 0.900. The summed E-state index contributed by atoms with van der Waals surface area (Å²) in [5, 5.41) is 9.07. The number of hydrogen-bond donors (Lipinski definition) is 1. The maximum absolute atomic E-state index is 11.0. The first kappa shape index (κ1) is 12.4. The van der Waals surface area contributed by atoms with Gasteiger partial charge in [0.05, 0.1) is 5.41 Å². The van der Waals surface area contributed by atoms with Crippen LogP contribution >= 0.6 is 0 Å². The van der Waals surface area contributed by atoms with Crippen molar-refractivity contribution < 1.29 is 14.6 Å². The molecule has 1 N–H and O–H groups in total. The number of hydrogen-bond acceptors (Lipinski definition) is 2. The van der Waals surface area contributed by atoms with Crippen molar-refractivity contribution >= 4 is 5.97 Å². The fourth-order valence-corrected chi connectivity index (χ4v) is 1.42. The zero-order valence-corrected chi connectivity index (χ0v) is 8.80. The molecule has 0 saturated carbocycles. The predicted molar refractivity (Wildman–Crippen MR) is 51.8 cm³/mol. The highest BCUT2D eigenvalue weighted by Gasteiger charge is 2.34. The smallest absolute Gasteiger partial charge is 0.309 e. The standard InChI is InChI=1S/C10H20O3/c1-4-10(5-2,9(11)12)7-8-13-6-3/h4-8H2,1-3H3,(H,11,12). The molecule has 0 aliphatic rings. The van der Waals surface area contributed by atoms with E-state index in [0.29, 0.717) is 32.5 Å². The summed E-state index contributed by atoms with van der Waals surface area (Å²) in [6, 6.07) is 0. The minimum atomic E-state index is -0.697. The van der Waals surface area contributed by atoms with E-state index in [4.69, 9.17) is 9.84 Å². The van der Waals surface area contributed by atoms with E-state index in [2.05, 4.69) is 0 Å². The second-order valence-electron chi connectivity index (χ2n) is 3.24. The number of carbonyl (C=O) groups is 1. The van der Waals surface area contributed by atoms with Gasteiger partial charge < -0.3 is 9.84 Å². The third-order valence-corrected chi connectivity index (χ3v) is 2.74. The molecule has 0 bridgehead atoms. The monoisotopic (exact) mass is 188 g/mol. The van der Waals surface area contributed by atoms with E-state index < -0.39 is 11.4 Å². The molecule has 0 spiro atoms. The fourth-order valence-electron chi connectivity index (χ4n) is 1.42. The number of rotatable bonds is 7. The molecule has 3 nitrogen and oxygen atoms in total. The minimum absolute atomic E-state index is 0.546. The van der Waals surface area contributed by atoms with Gasteiger partial charge in [0.1, 0.15) is 0 Å². The number of aliphatic carboxylic acids is 1. The van der Waals surface area contributed by atoms with Crippen LogP contribution in [-0.4, -0.2) is 24.3 Å². The van der Waals surface area contributed by atoms with Gasteiger partial charge in [0.25, 0.3) is 0 Å². The highest BCUT2D eigenvalue weighted by Crippen LogP contribution is 2.30. The Morgan fingerprint density at radius 1 is 1.31 bits per heavy atom. The van der Waals surface area contributed by atoms with Crippen molar-refractivity contribution in [3.05, 3.63) is 0 Å². The van der Waals surface area contributed by atoms with E-state index in [1.165, 1.54) is 0 Å². The SMILES string of the molecule is CCOCCC(CC)(CC)C(=O)O. The molecule has 0 rings (SSSR count). The van der Waals surface area contributed by atoms with Crippen LogP contribution in [0.3, 0.4) is 0 Å². The topological polar surface area (TPSA) is 46.5 Å². The van der Waals surface area contributed by atoms with Crippen molar-refractivity contribution in [2.75, 3.05) is 13.2 Å². The maximum atomic E-state index is 11.0. The van der Waals surface area contributed by atoms with Crippen molar-refractivity contribution in [3.63, 3.8) is 0 Å². The molecule has 0 aromatic rings. The second-order valence-corrected chi connectivity index (χ2v) is 3.24. The van der Waals surface area contributed by atoms with Gasteiger partial charge >= 0.3 is 5.97 Å². The van der Waals surface area contributed by atoms with E-state index in [-0.39, 0.29) is 0 Å². The first-order valence-corrected chi connectivity index (χ1v) is 4.94. The lowest BCUT2D eigenvalue weighted by Crippen LogP contribution is -2.31. The highest BCUT2D eigenvalue weighted by atomic mass is 16.5. The van der Waals surface area contributed by atoms with Gasteiger partial charge in [-0.1, -0.05) is 13.8 Å². The Morgan fingerprint density at radius 2 is 1.85 bits per heavy atom. The van der Waals surface area contributed by atoms with Crippen LogP contribution in [0.5, 0.6) is 0 Å². The lowest BCUT2D eigenvalue weighted by atomic mass is 9.79. The summed E-state index contributed by atoms with van der Waals surface area (Å²) in [4.78, 5) is 11.0. The molecule has 78 valence electrons. The predicted octanol–water partition coefficient (Wildman–Crippen LogP) is 2.30. The van der Waals surface area contributed by atoms with Crippen LogP contribution in [0.25, 0.3) is 0 Å². The maximum Gasteiger partial charge on any atom is 0.309 e. The summed E-state index contributed by atoms with van der Waals surface area (Å²) in [5.41, 5.74) is -0.574. The largest absolute Gasteiger partial charge is 0.481 e. The second kappa shape index (κ2) is 5.97. The molecule has 0 heterocycles. The Hall–Kier alpha value is -0.570. The van der Waals surface area contributed by atoms with Crippen LogP contribution in [0.2, 0.25) is 0 Å². The number of carboxylic acids is 1. The quantitative estimate of drug-likeness (QED) is 0.623. The Morgan fingerprint density at radius 3 is 2.15 bits per heavy atom. The molecule has 0 amide bonds. The molecular weight excluding hydrogens is 168 g/mol. The summed E-state index contributed by atoms with van der Waals surface area (Å²) in [6.07, 6.45) is 1.96. The van der Waals surface area contributed by atoms with Crippen LogP contribution in [0.4, 0.5) is 0 Å². The number of carboxylic acid groups (broad SMARTS) is 1. The van der Waals surface area contributed by atoms with Crippen LogP contribution in [-0.2, 0) is 9.53 Å². The van der Waals surface area contributed by atoms with E-state index >= 15 is 0 Å². The van der Waals surface area contributed by atoms with Crippen molar-refractivity contribution in [1.29, 1.82) is 0 Å². The third-order valence-electron chi connectivity index (χ3n) is 2.74. The summed E-state index contributed by atoms with van der Waals surface area (Å²) < 4.78 is 5.18. The van der Waals surface area contributed by atoms with E-state index in [1.54, 1.807) is 0 Å². The van der Waals surface area contributed by atoms with Crippen LogP contribution in [0.15, 0.2) is 0 Å². The van der Waals surface area contributed by atoms with E-state index in [1.807, 2.05) is 20.8 Å². The Balaban J connectivity index is 4.14. The Labute approximate surface area is 80.1 Å². The van der Waals surface area contributed by atoms with Gasteiger partial charge in [-0.2, -0.15) is 0 Å². The Kier molecular flexibility index (Phi) is 5.71. The van der Waals surface area contributed by atoms with Crippen molar-refractivity contribution in [2.24, 2.45) is 5.41 Å². The normalized spacial score (nSPS) is 11.6. The first-order chi connectivity index (χ1) is 6.13. The zero-order valence-electron chi connectivity index (χ0n) is 8.80. The lowest BCUT2D eigenvalue weighted by Gasteiger charge is -2.26. The van der Waals surface area contributed by atoms with Crippen molar-refractivity contribution in [3.8, 4) is 0 Å².